The Morgan fingerprint density at radius 3 is 2.35 bits per heavy atom. The largest absolute Gasteiger partial charge is 0.477 e. The molecular weight excluding hydrogens is 256 g/mol. The number of pyridine rings is 1. The van der Waals surface area contributed by atoms with Crippen LogP contribution < -0.4 is 5.32 Å². The molecule has 1 fully saturated rings. The van der Waals surface area contributed by atoms with Crippen molar-refractivity contribution < 1.29 is 14.7 Å². The molecule has 20 heavy (non-hydrogen) atoms. The average molecular weight is 276 g/mol. The molecule has 2 rings (SSSR count). The first-order valence-electron chi connectivity index (χ1n) is 6.96. The van der Waals surface area contributed by atoms with Gasteiger partial charge in [-0.3, -0.25) is 4.79 Å². The molecule has 1 aliphatic rings. The van der Waals surface area contributed by atoms with Crippen molar-refractivity contribution >= 4 is 11.9 Å². The van der Waals surface area contributed by atoms with Crippen LogP contribution in [0.5, 0.6) is 0 Å². The molecule has 0 bridgehead atoms. The summed E-state index contributed by atoms with van der Waals surface area (Å²) in [6.07, 6.45) is 4.52. The molecule has 1 aliphatic carbocycles. The number of aromatic nitrogens is 1. The molecule has 1 amide bonds. The molecule has 5 nitrogen and oxygen atoms in total. The maximum Gasteiger partial charge on any atom is 0.354 e. The Bertz CT molecular complexity index is 488. The van der Waals surface area contributed by atoms with Gasteiger partial charge in [0.25, 0.3) is 5.91 Å². The van der Waals surface area contributed by atoms with Gasteiger partial charge >= 0.3 is 5.97 Å². The fourth-order valence-electron chi connectivity index (χ4n) is 2.99. The summed E-state index contributed by atoms with van der Waals surface area (Å²) in [6.45, 7) is 4.41. The number of carbonyl (C=O) groups excluding carboxylic acids is 1. The van der Waals surface area contributed by atoms with Crippen molar-refractivity contribution in [3.8, 4) is 0 Å². The van der Waals surface area contributed by atoms with Gasteiger partial charge in [0, 0.05) is 12.2 Å². The van der Waals surface area contributed by atoms with E-state index in [2.05, 4.69) is 24.1 Å². The molecule has 108 valence electrons. The highest BCUT2D eigenvalue weighted by Crippen LogP contribution is 2.28. The quantitative estimate of drug-likeness (QED) is 0.888. The minimum Gasteiger partial charge on any atom is -0.477 e. The topological polar surface area (TPSA) is 79.3 Å². The van der Waals surface area contributed by atoms with Gasteiger partial charge in [-0.1, -0.05) is 13.8 Å². The number of carbonyl (C=O) groups is 2. The van der Waals surface area contributed by atoms with Gasteiger partial charge in [-0.2, -0.15) is 0 Å². The minimum atomic E-state index is -1.09. The summed E-state index contributed by atoms with van der Waals surface area (Å²) in [6, 6.07) is 3.05. The highest BCUT2D eigenvalue weighted by Gasteiger charge is 2.25. The van der Waals surface area contributed by atoms with Crippen molar-refractivity contribution in [1.82, 2.24) is 10.3 Å². The second-order valence-electron chi connectivity index (χ2n) is 5.83. The lowest BCUT2D eigenvalue weighted by Crippen LogP contribution is -2.40. The van der Waals surface area contributed by atoms with Gasteiger partial charge in [-0.15, -0.1) is 0 Å². The molecule has 1 saturated carbocycles. The highest BCUT2D eigenvalue weighted by molar-refractivity contribution is 5.95. The predicted molar refractivity (Wildman–Crippen MR) is 74.6 cm³/mol. The summed E-state index contributed by atoms with van der Waals surface area (Å²) in [5.74, 6) is -0.0271. The van der Waals surface area contributed by atoms with E-state index in [1.165, 1.54) is 24.8 Å². The van der Waals surface area contributed by atoms with Crippen molar-refractivity contribution in [1.29, 1.82) is 0 Å². The number of carboxylic acid groups (broad SMARTS) is 1. The number of nitrogens with one attached hydrogen (secondary N) is 1. The molecule has 0 spiro atoms. The predicted octanol–water partition coefficient (Wildman–Crippen LogP) is 2.33. The molecular formula is C15H20N2O3. The van der Waals surface area contributed by atoms with E-state index < -0.39 is 5.97 Å². The molecule has 2 atom stereocenters. The Kier molecular flexibility index (Phi) is 4.37. The van der Waals surface area contributed by atoms with E-state index in [0.717, 1.165) is 12.8 Å². The van der Waals surface area contributed by atoms with Gasteiger partial charge in [-0.05, 0) is 43.2 Å². The van der Waals surface area contributed by atoms with Crippen LogP contribution in [0.15, 0.2) is 18.3 Å². The van der Waals surface area contributed by atoms with E-state index in [1.807, 2.05) is 0 Å². The number of aromatic carboxylic acids is 1. The first-order valence-corrected chi connectivity index (χ1v) is 6.96. The minimum absolute atomic E-state index is 0.0542. The van der Waals surface area contributed by atoms with E-state index in [4.69, 9.17) is 5.11 Å². The van der Waals surface area contributed by atoms with Crippen LogP contribution in [-0.4, -0.2) is 28.0 Å². The van der Waals surface area contributed by atoms with E-state index in [1.54, 1.807) is 0 Å². The van der Waals surface area contributed by atoms with Crippen molar-refractivity contribution in [3.63, 3.8) is 0 Å². The maximum absolute atomic E-state index is 12.1. The Labute approximate surface area is 118 Å². The molecule has 0 aliphatic heterocycles. The van der Waals surface area contributed by atoms with Gasteiger partial charge in [0.15, 0.2) is 0 Å². The van der Waals surface area contributed by atoms with Crippen molar-refractivity contribution in [2.24, 2.45) is 11.8 Å². The third kappa shape index (κ3) is 3.56. The van der Waals surface area contributed by atoms with Crippen molar-refractivity contribution in [3.05, 3.63) is 29.6 Å². The van der Waals surface area contributed by atoms with Crippen LogP contribution >= 0.6 is 0 Å². The molecule has 0 radical (unpaired) electrons. The Hall–Kier alpha value is -1.91. The molecule has 5 heteroatoms. The normalized spacial score (nSPS) is 26.0. The fraction of sp³-hybridized carbons (Fsp3) is 0.533. The van der Waals surface area contributed by atoms with Crippen LogP contribution in [0, 0.1) is 11.8 Å². The van der Waals surface area contributed by atoms with Crippen molar-refractivity contribution in [2.75, 3.05) is 0 Å². The van der Waals surface area contributed by atoms with E-state index in [9.17, 15) is 9.59 Å². The van der Waals surface area contributed by atoms with Gasteiger partial charge in [0.1, 0.15) is 5.69 Å². The summed E-state index contributed by atoms with van der Waals surface area (Å²) >= 11 is 0. The molecule has 2 N–H and O–H groups in total. The summed E-state index contributed by atoms with van der Waals surface area (Å²) in [5.41, 5.74) is 0.349. The van der Waals surface area contributed by atoms with Crippen LogP contribution in [-0.2, 0) is 0 Å². The smallest absolute Gasteiger partial charge is 0.354 e. The molecule has 2 unspecified atom stereocenters. The average Bonchev–Trinajstić information content (AvgIpc) is 2.37. The first-order chi connectivity index (χ1) is 9.45. The Balaban J connectivity index is 1.99. The van der Waals surface area contributed by atoms with Gasteiger partial charge in [-0.25, -0.2) is 9.78 Å². The third-order valence-electron chi connectivity index (χ3n) is 3.76. The SMILES string of the molecule is CC1CC(C)CC(NC(=O)c2ccc(C(=O)O)nc2)C1. The number of hydrogen-bond acceptors (Lipinski definition) is 3. The van der Waals surface area contributed by atoms with Gasteiger partial charge in [0.05, 0.1) is 5.56 Å². The van der Waals surface area contributed by atoms with Crippen molar-refractivity contribution in [2.45, 2.75) is 39.2 Å². The molecule has 0 aromatic carbocycles. The summed E-state index contributed by atoms with van der Waals surface area (Å²) in [5, 5.41) is 11.8. The zero-order valence-electron chi connectivity index (χ0n) is 11.8. The van der Waals surface area contributed by atoms with E-state index >= 15 is 0 Å². The Morgan fingerprint density at radius 1 is 1.20 bits per heavy atom. The van der Waals surface area contributed by atoms with Gasteiger partial charge < -0.3 is 10.4 Å². The number of rotatable bonds is 3. The fourth-order valence-corrected chi connectivity index (χ4v) is 2.99. The number of amides is 1. The second kappa shape index (κ2) is 6.03. The summed E-state index contributed by atoms with van der Waals surface area (Å²) in [7, 11) is 0. The van der Waals surface area contributed by atoms with Crippen LogP contribution in [0.25, 0.3) is 0 Å². The summed E-state index contributed by atoms with van der Waals surface area (Å²) in [4.78, 5) is 26.6. The van der Waals surface area contributed by atoms with Crippen LogP contribution in [0.4, 0.5) is 0 Å². The second-order valence-corrected chi connectivity index (χ2v) is 5.83. The zero-order valence-corrected chi connectivity index (χ0v) is 11.8. The molecule has 1 aromatic heterocycles. The zero-order chi connectivity index (χ0) is 14.7. The Morgan fingerprint density at radius 2 is 1.85 bits per heavy atom. The first kappa shape index (κ1) is 14.5. The summed E-state index contributed by atoms with van der Waals surface area (Å²) < 4.78 is 0. The molecule has 0 saturated heterocycles. The molecule has 1 aromatic rings. The van der Waals surface area contributed by atoms with Gasteiger partial charge in [0.2, 0.25) is 0 Å². The standard InChI is InChI=1S/C15H20N2O3/c1-9-5-10(2)7-12(6-9)17-14(18)11-3-4-13(15(19)20)16-8-11/h3-4,8-10,12H,5-7H2,1-2H3,(H,17,18)(H,19,20). The number of hydrogen-bond donors (Lipinski definition) is 2. The van der Waals surface area contributed by atoms with Crippen LogP contribution in [0.3, 0.4) is 0 Å². The number of nitrogens with zero attached hydrogens (tertiary/aromatic N) is 1. The van der Waals surface area contributed by atoms with E-state index in [0.29, 0.717) is 17.4 Å². The lowest BCUT2D eigenvalue weighted by molar-refractivity contribution is 0.0689. The highest BCUT2D eigenvalue weighted by atomic mass is 16.4. The van der Waals surface area contributed by atoms with Crippen LogP contribution in [0.1, 0.15) is 54.0 Å². The monoisotopic (exact) mass is 276 g/mol. The van der Waals surface area contributed by atoms with E-state index in [-0.39, 0.29) is 17.6 Å². The lowest BCUT2D eigenvalue weighted by Gasteiger charge is -2.31. The third-order valence-corrected chi connectivity index (χ3v) is 3.76. The van der Waals surface area contributed by atoms with Crippen LogP contribution in [0.2, 0.25) is 0 Å². The lowest BCUT2D eigenvalue weighted by atomic mass is 9.80. The molecule has 1 heterocycles. The number of carboxylic acids is 1. The maximum atomic E-state index is 12.1.